The van der Waals surface area contributed by atoms with Crippen molar-refractivity contribution >= 4 is 45.4 Å². The molecule has 0 spiro atoms. The van der Waals surface area contributed by atoms with Gasteiger partial charge in [0, 0.05) is 11.4 Å². The van der Waals surface area contributed by atoms with Crippen molar-refractivity contribution in [2.75, 3.05) is 16.9 Å². The number of thioether (sulfide) groups is 1. The zero-order valence-corrected chi connectivity index (χ0v) is 14.1. The van der Waals surface area contributed by atoms with E-state index >= 15 is 0 Å². The van der Waals surface area contributed by atoms with E-state index in [1.54, 1.807) is 0 Å². The number of benzene rings is 2. The highest BCUT2D eigenvalue weighted by molar-refractivity contribution is 8.00. The fourth-order valence-corrected chi connectivity index (χ4v) is 3.47. The lowest BCUT2D eigenvalue weighted by molar-refractivity contribution is 0.102. The number of anilines is 3. The predicted octanol–water partition coefficient (Wildman–Crippen LogP) is 4.86. The summed E-state index contributed by atoms with van der Waals surface area (Å²) in [4.78, 5) is 17.0. The number of hydrogen-bond donors (Lipinski definition) is 2. The number of carbonyl (C=O) groups excluding carboxylic acids is 1. The van der Waals surface area contributed by atoms with Crippen LogP contribution in [0.2, 0.25) is 0 Å². The second kappa shape index (κ2) is 7.30. The van der Waals surface area contributed by atoms with Gasteiger partial charge in [0.05, 0.1) is 0 Å². The maximum Gasteiger partial charge on any atom is 0.277 e. The Morgan fingerprint density at radius 2 is 1.61 bits per heavy atom. The lowest BCUT2D eigenvalue weighted by Gasteiger charge is -2.07. The molecule has 0 bridgehead atoms. The minimum Gasteiger partial charge on any atom is -0.345 e. The molecule has 0 fully saturated rings. The molecule has 23 heavy (non-hydrogen) atoms. The first-order valence-corrected chi connectivity index (χ1v) is 9.03. The number of nitrogens with zero attached hydrogens (tertiary/aromatic N) is 1. The zero-order chi connectivity index (χ0) is 16.1. The van der Waals surface area contributed by atoms with Crippen LogP contribution in [0.4, 0.5) is 16.4 Å². The summed E-state index contributed by atoms with van der Waals surface area (Å²) in [6.45, 7) is 0. The minimum absolute atomic E-state index is 0.216. The smallest absolute Gasteiger partial charge is 0.277 e. The average Bonchev–Trinajstić information content (AvgIpc) is 3.00. The number of nitrogens with one attached hydrogen (secondary N) is 2. The van der Waals surface area contributed by atoms with Crippen molar-refractivity contribution in [2.45, 2.75) is 4.34 Å². The number of amides is 1. The largest absolute Gasteiger partial charge is 0.345 e. The molecule has 2 aromatic carbocycles. The molecule has 0 radical (unpaired) electrons. The van der Waals surface area contributed by atoms with Crippen LogP contribution in [0.15, 0.2) is 65.0 Å². The van der Waals surface area contributed by atoms with Crippen molar-refractivity contribution in [3.05, 3.63) is 66.4 Å². The molecule has 1 aromatic heterocycles. The third-order valence-corrected chi connectivity index (χ3v) is 5.02. The monoisotopic (exact) mass is 341 g/mol. The second-order valence-electron chi connectivity index (χ2n) is 4.67. The quantitative estimate of drug-likeness (QED) is 0.651. The Bertz CT molecular complexity index is 788. The van der Waals surface area contributed by atoms with Gasteiger partial charge in [0.1, 0.15) is 5.00 Å². The first-order valence-electron chi connectivity index (χ1n) is 6.99. The van der Waals surface area contributed by atoms with Gasteiger partial charge in [-0.05, 0) is 30.5 Å². The summed E-state index contributed by atoms with van der Waals surface area (Å²) < 4.78 is 0.849. The van der Waals surface area contributed by atoms with E-state index in [0.717, 1.165) is 20.7 Å². The van der Waals surface area contributed by atoms with Gasteiger partial charge in [-0.15, -0.1) is 0 Å². The van der Waals surface area contributed by atoms with Gasteiger partial charge in [-0.3, -0.25) is 4.79 Å². The minimum atomic E-state index is -0.216. The fourth-order valence-electron chi connectivity index (χ4n) is 1.99. The molecule has 116 valence electrons. The molecule has 3 aromatic rings. The Morgan fingerprint density at radius 1 is 1.00 bits per heavy atom. The van der Waals surface area contributed by atoms with E-state index in [-0.39, 0.29) is 5.91 Å². The van der Waals surface area contributed by atoms with Gasteiger partial charge in [-0.25, -0.2) is 4.98 Å². The maximum atomic E-state index is 12.5. The molecule has 0 atom stereocenters. The average molecular weight is 341 g/mol. The molecule has 0 aliphatic rings. The van der Waals surface area contributed by atoms with Crippen LogP contribution >= 0.6 is 23.1 Å². The molecule has 0 aliphatic carbocycles. The van der Waals surface area contributed by atoms with Gasteiger partial charge in [0.2, 0.25) is 0 Å². The van der Waals surface area contributed by atoms with Crippen molar-refractivity contribution in [2.24, 2.45) is 0 Å². The summed E-state index contributed by atoms with van der Waals surface area (Å²) >= 11 is 3.00. The normalized spacial score (nSPS) is 10.3. The van der Waals surface area contributed by atoms with Crippen molar-refractivity contribution in [1.82, 2.24) is 4.98 Å². The van der Waals surface area contributed by atoms with Gasteiger partial charge < -0.3 is 10.6 Å². The van der Waals surface area contributed by atoms with Crippen molar-refractivity contribution in [3.8, 4) is 0 Å². The predicted molar refractivity (Wildman–Crippen MR) is 98.0 cm³/mol. The Balaban J connectivity index is 1.85. The number of carbonyl (C=O) groups is 1. The molecule has 6 heteroatoms. The highest BCUT2D eigenvalue weighted by Gasteiger charge is 2.18. The summed E-state index contributed by atoms with van der Waals surface area (Å²) in [6.07, 6.45) is 1.95. The van der Waals surface area contributed by atoms with Crippen molar-refractivity contribution < 1.29 is 4.79 Å². The highest BCUT2D eigenvalue weighted by atomic mass is 32.2. The van der Waals surface area contributed by atoms with Crippen molar-refractivity contribution in [1.29, 1.82) is 0 Å². The number of rotatable bonds is 5. The van der Waals surface area contributed by atoms with Crippen molar-refractivity contribution in [3.63, 3.8) is 0 Å². The van der Waals surface area contributed by atoms with Crippen LogP contribution < -0.4 is 10.6 Å². The molecular weight excluding hydrogens is 326 g/mol. The summed E-state index contributed by atoms with van der Waals surface area (Å²) in [5.41, 5.74) is 2.09. The summed E-state index contributed by atoms with van der Waals surface area (Å²) in [5, 5.41) is 6.90. The van der Waals surface area contributed by atoms with E-state index in [9.17, 15) is 4.79 Å². The van der Waals surface area contributed by atoms with Crippen LogP contribution in [0.25, 0.3) is 0 Å². The summed E-state index contributed by atoms with van der Waals surface area (Å²) in [6, 6.07) is 19.1. The SMILES string of the molecule is CSc1nc(C(=O)Nc2ccccc2)c(Nc2ccccc2)s1. The van der Waals surface area contributed by atoms with E-state index in [1.807, 2.05) is 66.9 Å². The Hall–Kier alpha value is -2.31. The van der Waals surface area contributed by atoms with E-state index in [4.69, 9.17) is 0 Å². The van der Waals surface area contributed by atoms with E-state index in [2.05, 4.69) is 15.6 Å². The molecule has 4 nitrogen and oxygen atoms in total. The van der Waals surface area contributed by atoms with Gasteiger partial charge in [-0.1, -0.05) is 59.5 Å². The van der Waals surface area contributed by atoms with Crippen LogP contribution in [0.1, 0.15) is 10.5 Å². The van der Waals surface area contributed by atoms with Gasteiger partial charge in [-0.2, -0.15) is 0 Å². The molecule has 0 aliphatic heterocycles. The molecule has 2 N–H and O–H groups in total. The molecule has 1 amide bonds. The zero-order valence-electron chi connectivity index (χ0n) is 12.4. The Kier molecular flexibility index (Phi) is 4.95. The number of para-hydroxylation sites is 2. The van der Waals surface area contributed by atoms with E-state index < -0.39 is 0 Å². The van der Waals surface area contributed by atoms with Crippen LogP contribution in [0.3, 0.4) is 0 Å². The lowest BCUT2D eigenvalue weighted by Crippen LogP contribution is -2.13. The summed E-state index contributed by atoms with van der Waals surface area (Å²) in [5.74, 6) is -0.216. The Labute approximate surface area is 143 Å². The molecule has 0 saturated carbocycles. The second-order valence-corrected chi connectivity index (χ2v) is 6.73. The van der Waals surface area contributed by atoms with E-state index in [0.29, 0.717) is 5.69 Å². The van der Waals surface area contributed by atoms with Crippen LogP contribution in [-0.2, 0) is 0 Å². The topological polar surface area (TPSA) is 54.0 Å². The van der Waals surface area contributed by atoms with Gasteiger partial charge in [0.15, 0.2) is 10.0 Å². The molecule has 0 unspecified atom stereocenters. The highest BCUT2D eigenvalue weighted by Crippen LogP contribution is 2.33. The third kappa shape index (κ3) is 3.91. The van der Waals surface area contributed by atoms with Crippen LogP contribution in [0.5, 0.6) is 0 Å². The fraction of sp³-hybridized carbons (Fsp3) is 0.0588. The van der Waals surface area contributed by atoms with Gasteiger partial charge >= 0.3 is 0 Å². The Morgan fingerprint density at radius 3 is 2.22 bits per heavy atom. The molecule has 0 saturated heterocycles. The first-order chi connectivity index (χ1) is 11.3. The molecular formula is C17H15N3OS2. The van der Waals surface area contributed by atoms with Crippen LogP contribution in [-0.4, -0.2) is 17.1 Å². The number of hydrogen-bond acceptors (Lipinski definition) is 5. The molecule has 3 rings (SSSR count). The third-order valence-electron chi connectivity index (χ3n) is 3.06. The molecule has 1 heterocycles. The number of thiazole rings is 1. The number of aromatic nitrogens is 1. The van der Waals surface area contributed by atoms with Gasteiger partial charge in [0.25, 0.3) is 5.91 Å². The van der Waals surface area contributed by atoms with Crippen LogP contribution in [0, 0.1) is 0 Å². The first kappa shape index (κ1) is 15.6. The lowest BCUT2D eigenvalue weighted by atomic mass is 10.3. The summed E-state index contributed by atoms with van der Waals surface area (Å²) in [7, 11) is 0. The van der Waals surface area contributed by atoms with E-state index in [1.165, 1.54) is 23.1 Å². The standard InChI is InChI=1S/C17H15N3OS2/c1-22-17-20-14(15(21)18-12-8-4-2-5-9-12)16(23-17)19-13-10-6-3-7-11-13/h2-11,19H,1H3,(H,18,21). The maximum absolute atomic E-state index is 12.5.